The molecule has 2 fully saturated rings. The Bertz CT molecular complexity index is 443. The van der Waals surface area contributed by atoms with Crippen molar-refractivity contribution in [3.8, 4) is 0 Å². The number of nitrogens with zero attached hydrogens (tertiary/aromatic N) is 2. The highest BCUT2D eigenvalue weighted by molar-refractivity contribution is 6.39. The van der Waals surface area contributed by atoms with Crippen molar-refractivity contribution in [1.82, 2.24) is 15.5 Å². The van der Waals surface area contributed by atoms with Gasteiger partial charge in [-0.2, -0.15) is 0 Å². The van der Waals surface area contributed by atoms with Crippen LogP contribution in [-0.2, 0) is 14.4 Å². The summed E-state index contributed by atoms with van der Waals surface area (Å²) in [5.74, 6) is -0.0955. The lowest BCUT2D eigenvalue weighted by Crippen LogP contribution is -2.47. The van der Waals surface area contributed by atoms with Gasteiger partial charge in [-0.05, 0) is 19.4 Å². The summed E-state index contributed by atoms with van der Waals surface area (Å²) in [5.41, 5.74) is 0.159. The van der Waals surface area contributed by atoms with Crippen LogP contribution < -0.4 is 10.6 Å². The van der Waals surface area contributed by atoms with E-state index in [2.05, 4.69) is 15.8 Å². The molecule has 20 heavy (non-hydrogen) atoms. The molecule has 0 radical (unpaired) electrons. The normalized spacial score (nSPS) is 30.5. The summed E-state index contributed by atoms with van der Waals surface area (Å²) >= 11 is 0. The van der Waals surface area contributed by atoms with Crippen LogP contribution in [0, 0.1) is 0 Å². The van der Waals surface area contributed by atoms with E-state index in [1.165, 1.54) is 0 Å². The highest BCUT2D eigenvalue weighted by atomic mass is 16.7. The minimum absolute atomic E-state index is 0.00198. The summed E-state index contributed by atoms with van der Waals surface area (Å²) in [6.07, 6.45) is 2.89. The number of carbonyl (C=O) groups is 2. The Kier molecular flexibility index (Phi) is 3.60. The molecule has 0 aliphatic carbocycles. The van der Waals surface area contributed by atoms with E-state index < -0.39 is 0 Å². The van der Waals surface area contributed by atoms with E-state index in [-0.39, 0.29) is 17.4 Å². The van der Waals surface area contributed by atoms with Gasteiger partial charge in [0.2, 0.25) is 5.91 Å². The van der Waals surface area contributed by atoms with Crippen LogP contribution in [0.15, 0.2) is 5.16 Å². The van der Waals surface area contributed by atoms with Crippen molar-refractivity contribution in [1.29, 1.82) is 0 Å². The Morgan fingerprint density at radius 3 is 3.05 bits per heavy atom. The quantitative estimate of drug-likeness (QED) is 0.661. The first-order valence-electron chi connectivity index (χ1n) is 7.20. The van der Waals surface area contributed by atoms with Gasteiger partial charge in [-0.15, -0.1) is 0 Å². The minimum Gasteiger partial charge on any atom is -0.387 e. The van der Waals surface area contributed by atoms with E-state index in [9.17, 15) is 9.59 Å². The molecule has 3 aliphatic rings. The number of piperidine rings is 1. The maximum absolute atomic E-state index is 12.4. The van der Waals surface area contributed by atoms with Gasteiger partial charge in [-0.25, -0.2) is 0 Å². The van der Waals surface area contributed by atoms with Crippen LogP contribution in [0.4, 0.5) is 0 Å². The number of hydrogen-bond acceptors (Lipinski definition) is 5. The average molecular weight is 280 g/mol. The molecule has 0 unspecified atom stereocenters. The van der Waals surface area contributed by atoms with Crippen LogP contribution in [0.5, 0.6) is 0 Å². The smallest absolute Gasteiger partial charge is 0.271 e. The number of carbonyl (C=O) groups excluding carboxylic acids is 2. The van der Waals surface area contributed by atoms with Crippen molar-refractivity contribution in [2.45, 2.75) is 31.3 Å². The SMILES string of the molecule is O=C1CCN(C(=O)C2=NO[C@@]3(CCCNC3)C2)CCN1. The second-order valence-electron chi connectivity index (χ2n) is 5.66. The molecule has 2 amide bonds. The van der Waals surface area contributed by atoms with E-state index in [1.807, 2.05) is 0 Å². The first kappa shape index (κ1) is 13.4. The van der Waals surface area contributed by atoms with E-state index in [0.29, 0.717) is 38.2 Å². The molecule has 2 saturated heterocycles. The van der Waals surface area contributed by atoms with Gasteiger partial charge < -0.3 is 20.4 Å². The first-order valence-corrected chi connectivity index (χ1v) is 7.20. The van der Waals surface area contributed by atoms with Crippen molar-refractivity contribution in [2.24, 2.45) is 5.16 Å². The average Bonchev–Trinajstić information content (AvgIpc) is 2.73. The Labute approximate surface area is 117 Å². The molecule has 0 bridgehead atoms. The van der Waals surface area contributed by atoms with E-state index in [1.54, 1.807) is 4.90 Å². The lowest BCUT2D eigenvalue weighted by molar-refractivity contribution is -0.124. The topological polar surface area (TPSA) is 83.0 Å². The van der Waals surface area contributed by atoms with Crippen LogP contribution in [0.3, 0.4) is 0 Å². The van der Waals surface area contributed by atoms with Crippen LogP contribution in [0.25, 0.3) is 0 Å². The molecule has 3 aliphatic heterocycles. The second kappa shape index (κ2) is 5.40. The van der Waals surface area contributed by atoms with Crippen molar-refractivity contribution >= 4 is 17.5 Å². The lowest BCUT2D eigenvalue weighted by Gasteiger charge is -2.31. The zero-order valence-corrected chi connectivity index (χ0v) is 11.5. The summed E-state index contributed by atoms with van der Waals surface area (Å²) in [6.45, 7) is 3.23. The molecule has 7 nitrogen and oxygen atoms in total. The number of oxime groups is 1. The van der Waals surface area contributed by atoms with Gasteiger partial charge in [0.05, 0.1) is 0 Å². The van der Waals surface area contributed by atoms with E-state index in [0.717, 1.165) is 25.9 Å². The van der Waals surface area contributed by atoms with E-state index >= 15 is 0 Å². The summed E-state index contributed by atoms with van der Waals surface area (Å²) in [4.78, 5) is 31.0. The highest BCUT2D eigenvalue weighted by Gasteiger charge is 2.43. The third-order valence-corrected chi connectivity index (χ3v) is 4.12. The monoisotopic (exact) mass is 280 g/mol. The summed E-state index contributed by atoms with van der Waals surface area (Å²) in [5, 5.41) is 10.1. The summed E-state index contributed by atoms with van der Waals surface area (Å²) < 4.78 is 0. The highest BCUT2D eigenvalue weighted by Crippen LogP contribution is 2.30. The third-order valence-electron chi connectivity index (χ3n) is 4.12. The maximum Gasteiger partial charge on any atom is 0.271 e. The Morgan fingerprint density at radius 2 is 2.25 bits per heavy atom. The molecule has 0 aromatic rings. The third kappa shape index (κ3) is 2.63. The molecule has 7 heteroatoms. The summed E-state index contributed by atoms with van der Waals surface area (Å²) in [6, 6.07) is 0. The molecule has 1 atom stereocenters. The molecule has 0 aromatic carbocycles. The van der Waals surface area contributed by atoms with Crippen LogP contribution in [0.2, 0.25) is 0 Å². The number of nitrogens with one attached hydrogen (secondary N) is 2. The Balaban J connectivity index is 1.62. The second-order valence-corrected chi connectivity index (χ2v) is 5.66. The Morgan fingerprint density at radius 1 is 1.35 bits per heavy atom. The predicted octanol–water partition coefficient (Wildman–Crippen LogP) is -0.767. The molecule has 3 rings (SSSR count). The first-order chi connectivity index (χ1) is 9.69. The molecule has 0 saturated carbocycles. The van der Waals surface area contributed by atoms with Gasteiger partial charge in [0.25, 0.3) is 5.91 Å². The predicted molar refractivity (Wildman–Crippen MR) is 72.2 cm³/mol. The van der Waals surface area contributed by atoms with Gasteiger partial charge in [-0.3, -0.25) is 9.59 Å². The molecule has 0 aromatic heterocycles. The van der Waals surface area contributed by atoms with Crippen molar-refractivity contribution in [3.05, 3.63) is 0 Å². The van der Waals surface area contributed by atoms with Gasteiger partial charge in [0.15, 0.2) is 5.60 Å². The zero-order chi connectivity index (χ0) is 14.0. The molecule has 1 spiro atoms. The minimum atomic E-state index is -0.330. The van der Waals surface area contributed by atoms with Gasteiger partial charge in [0, 0.05) is 39.0 Å². The van der Waals surface area contributed by atoms with Crippen molar-refractivity contribution in [2.75, 3.05) is 32.7 Å². The fraction of sp³-hybridized carbons (Fsp3) is 0.769. The molecular formula is C13H20N4O3. The van der Waals surface area contributed by atoms with Crippen molar-refractivity contribution in [3.63, 3.8) is 0 Å². The van der Waals surface area contributed by atoms with Crippen LogP contribution >= 0.6 is 0 Å². The van der Waals surface area contributed by atoms with Crippen molar-refractivity contribution < 1.29 is 14.4 Å². The van der Waals surface area contributed by atoms with Gasteiger partial charge in [-0.1, -0.05) is 5.16 Å². The van der Waals surface area contributed by atoms with Gasteiger partial charge in [0.1, 0.15) is 5.71 Å². The maximum atomic E-state index is 12.4. The largest absolute Gasteiger partial charge is 0.387 e. The standard InChI is InChI=1S/C13H20N4O3/c18-11-2-6-17(7-5-15-11)12(19)10-8-13(20-16-10)3-1-4-14-9-13/h14H,1-9H2,(H,15,18)/t13-/m0/s1. The molecular weight excluding hydrogens is 260 g/mol. The zero-order valence-electron chi connectivity index (χ0n) is 11.5. The lowest BCUT2D eigenvalue weighted by atomic mass is 9.89. The summed E-state index contributed by atoms with van der Waals surface area (Å²) in [7, 11) is 0. The molecule has 3 heterocycles. The van der Waals surface area contributed by atoms with Crippen LogP contribution in [-0.4, -0.2) is 60.8 Å². The number of hydrogen-bond donors (Lipinski definition) is 2. The molecule has 2 N–H and O–H groups in total. The van der Waals surface area contributed by atoms with E-state index in [4.69, 9.17) is 4.84 Å². The van der Waals surface area contributed by atoms with Crippen LogP contribution in [0.1, 0.15) is 25.7 Å². The van der Waals surface area contributed by atoms with Gasteiger partial charge >= 0.3 is 0 Å². The number of rotatable bonds is 1. The molecule has 110 valence electrons. The fourth-order valence-corrected chi connectivity index (χ4v) is 2.96. The Hall–Kier alpha value is -1.63. The number of amides is 2. The fourth-order valence-electron chi connectivity index (χ4n) is 2.96.